The lowest BCUT2D eigenvalue weighted by Gasteiger charge is -2.27. The van der Waals surface area contributed by atoms with Crippen molar-refractivity contribution in [3.8, 4) is 5.75 Å². The van der Waals surface area contributed by atoms with Crippen molar-refractivity contribution >= 4 is 29.3 Å². The lowest BCUT2D eigenvalue weighted by Crippen LogP contribution is -2.52. The summed E-state index contributed by atoms with van der Waals surface area (Å²) >= 11 is 0. The summed E-state index contributed by atoms with van der Waals surface area (Å²) < 4.78 is 45.1. The molecule has 0 saturated carbocycles. The Morgan fingerprint density at radius 2 is 1.46 bits per heavy atom. The molecular weight excluding hydrogens is 607 g/mol. The van der Waals surface area contributed by atoms with E-state index in [4.69, 9.17) is 10.5 Å². The number of halogens is 3. The van der Waals surface area contributed by atoms with Crippen LogP contribution >= 0.6 is 0 Å². The molecule has 5 N–H and O–H groups in total. The quantitative estimate of drug-likeness (QED) is 0.181. The predicted molar refractivity (Wildman–Crippen MR) is 163 cm³/mol. The summed E-state index contributed by atoms with van der Waals surface area (Å²) in [6.45, 7) is 4.60. The first kappa shape index (κ1) is 37.9. The van der Waals surface area contributed by atoms with Gasteiger partial charge in [0.25, 0.3) is 0 Å². The smallest absolute Gasteiger partial charge is 0.416 e. The second-order valence-corrected chi connectivity index (χ2v) is 11.6. The number of hydrogen-bond acceptors (Lipinski definition) is 7. The molecule has 0 radical (unpaired) electrons. The predicted octanol–water partition coefficient (Wildman–Crippen LogP) is 3.29. The van der Waals surface area contributed by atoms with Crippen molar-refractivity contribution in [2.24, 2.45) is 23.5 Å². The minimum Gasteiger partial charge on any atom is -0.486 e. The summed E-state index contributed by atoms with van der Waals surface area (Å²) in [5.41, 5.74) is 5.73. The fourth-order valence-electron chi connectivity index (χ4n) is 4.69. The number of benzene rings is 2. The van der Waals surface area contributed by atoms with Gasteiger partial charge in [-0.25, -0.2) is 0 Å². The van der Waals surface area contributed by atoms with E-state index in [-0.39, 0.29) is 31.1 Å². The summed E-state index contributed by atoms with van der Waals surface area (Å²) in [6, 6.07) is 14.5. The maximum Gasteiger partial charge on any atom is 0.416 e. The third-order valence-corrected chi connectivity index (χ3v) is 7.42. The summed E-state index contributed by atoms with van der Waals surface area (Å²) in [5, 5.41) is 14.5. The van der Waals surface area contributed by atoms with Crippen molar-refractivity contribution in [2.75, 3.05) is 6.61 Å². The number of ether oxygens (including phenoxy) is 1. The number of para-hydroxylation sites is 1. The molecule has 3 amide bonds. The van der Waals surface area contributed by atoms with Gasteiger partial charge < -0.3 is 26.2 Å². The van der Waals surface area contributed by atoms with Crippen LogP contribution in [-0.4, -0.2) is 65.4 Å². The number of aliphatic hydroxyl groups excluding tert-OH is 1. The van der Waals surface area contributed by atoms with E-state index in [9.17, 15) is 42.3 Å². The number of carbonyl (C=O) groups is 5. The Hall–Kier alpha value is -4.26. The topological polar surface area (TPSA) is 165 Å². The first-order chi connectivity index (χ1) is 21.6. The molecule has 2 aromatic carbocycles. The zero-order valence-electron chi connectivity index (χ0n) is 26.1. The van der Waals surface area contributed by atoms with Crippen LogP contribution in [-0.2, 0) is 30.4 Å². The van der Waals surface area contributed by atoms with Crippen LogP contribution in [0.2, 0.25) is 0 Å². The highest BCUT2D eigenvalue weighted by atomic mass is 19.4. The van der Waals surface area contributed by atoms with Crippen molar-refractivity contribution in [1.29, 1.82) is 0 Å². The molecule has 2 aromatic rings. The van der Waals surface area contributed by atoms with Gasteiger partial charge in [-0.1, -0.05) is 69.3 Å². The first-order valence-corrected chi connectivity index (χ1v) is 15.0. The van der Waals surface area contributed by atoms with E-state index in [2.05, 4.69) is 10.6 Å². The minimum absolute atomic E-state index is 0.0592. The number of ketones is 2. The van der Waals surface area contributed by atoms with E-state index in [1.807, 2.05) is 0 Å². The number of rotatable bonds is 19. The fraction of sp³-hybridized carbons (Fsp3) is 0.485. The Morgan fingerprint density at radius 1 is 0.870 bits per heavy atom. The molecule has 0 aliphatic rings. The van der Waals surface area contributed by atoms with Crippen molar-refractivity contribution in [1.82, 2.24) is 10.6 Å². The van der Waals surface area contributed by atoms with Crippen LogP contribution in [0.3, 0.4) is 0 Å². The molecule has 0 aromatic heterocycles. The van der Waals surface area contributed by atoms with E-state index in [0.29, 0.717) is 11.3 Å². The average Bonchev–Trinajstić information content (AvgIpc) is 3.00. The van der Waals surface area contributed by atoms with Crippen molar-refractivity contribution in [2.45, 2.75) is 77.2 Å². The van der Waals surface area contributed by atoms with E-state index in [1.54, 1.807) is 74.5 Å². The Kier molecular flexibility index (Phi) is 14.9. The zero-order valence-corrected chi connectivity index (χ0v) is 26.1. The average molecular weight is 650 g/mol. The highest BCUT2D eigenvalue weighted by Crippen LogP contribution is 2.25. The van der Waals surface area contributed by atoms with E-state index >= 15 is 0 Å². The third kappa shape index (κ3) is 13.0. The molecule has 0 fully saturated rings. The second-order valence-electron chi connectivity index (χ2n) is 11.6. The van der Waals surface area contributed by atoms with E-state index in [0.717, 1.165) is 0 Å². The number of Topliss-reactive ketones (excluding diaryl/α,β-unsaturated/α-hetero) is 2. The number of nitrogens with one attached hydrogen (secondary N) is 2. The van der Waals surface area contributed by atoms with Gasteiger partial charge in [-0.15, -0.1) is 0 Å². The number of alkyl halides is 3. The highest BCUT2D eigenvalue weighted by Gasteiger charge is 2.44. The summed E-state index contributed by atoms with van der Waals surface area (Å²) in [7, 11) is 0. The molecule has 0 saturated heterocycles. The number of hydrogen-bond donors (Lipinski definition) is 4. The van der Waals surface area contributed by atoms with E-state index < -0.39 is 79.0 Å². The largest absolute Gasteiger partial charge is 0.486 e. The van der Waals surface area contributed by atoms with Crippen LogP contribution in [0, 0.1) is 17.8 Å². The molecule has 5 atom stereocenters. The van der Waals surface area contributed by atoms with Gasteiger partial charge in [0, 0.05) is 31.1 Å². The molecule has 0 spiro atoms. The molecule has 10 nitrogen and oxygen atoms in total. The number of primary amides is 1. The SMILES string of the molecule is CC(C)[C@H](CC(=O)COc1ccccc1)C(=O)N[C@@H](Cc1ccccc1)C(=O)C[C@@H](C)C(=O)NC(CCC(N)=O)C(O)C(F)(F)F. The molecule has 0 heterocycles. The van der Waals surface area contributed by atoms with Crippen LogP contribution < -0.4 is 21.1 Å². The Balaban J connectivity index is 2.15. The standard InChI is InChI=1S/C33H42F3N3O7/c1-20(2)25(18-23(40)19-46-24-12-8-5-9-13-24)32(45)39-27(17-22-10-6-4-7-11-22)28(41)16-21(3)31(44)38-26(14-15-29(37)42)30(43)33(34,35)36/h4-13,20-21,25-27,30,43H,14-19H2,1-3H3,(H2,37,42)(H,38,44)(H,39,45)/t21-,25+,26?,27+,30?/m1/s1. The van der Waals surface area contributed by atoms with Crippen molar-refractivity contribution in [3.05, 3.63) is 66.2 Å². The summed E-state index contributed by atoms with van der Waals surface area (Å²) in [6.07, 6.45) is -9.67. The summed E-state index contributed by atoms with van der Waals surface area (Å²) in [4.78, 5) is 63.7. The molecule has 2 unspecified atom stereocenters. The molecular formula is C33H42F3N3O7. The zero-order chi connectivity index (χ0) is 34.4. The number of aliphatic hydroxyl groups is 1. The van der Waals surface area contributed by atoms with Crippen LogP contribution in [0.25, 0.3) is 0 Å². The highest BCUT2D eigenvalue weighted by molar-refractivity contribution is 5.94. The number of nitrogens with two attached hydrogens (primary N) is 1. The maximum absolute atomic E-state index is 13.5. The van der Waals surface area contributed by atoms with Crippen LogP contribution in [0.1, 0.15) is 52.0 Å². The second kappa shape index (κ2) is 18.0. The van der Waals surface area contributed by atoms with Gasteiger partial charge in [-0.3, -0.25) is 24.0 Å². The van der Waals surface area contributed by atoms with Crippen LogP contribution in [0.5, 0.6) is 5.75 Å². The third-order valence-electron chi connectivity index (χ3n) is 7.42. The van der Waals surface area contributed by atoms with Gasteiger partial charge in [-0.05, 0) is 36.5 Å². The van der Waals surface area contributed by atoms with Gasteiger partial charge in [0.1, 0.15) is 12.4 Å². The van der Waals surface area contributed by atoms with E-state index in [1.165, 1.54) is 6.92 Å². The molecule has 46 heavy (non-hydrogen) atoms. The number of amides is 3. The molecule has 0 bridgehead atoms. The van der Waals surface area contributed by atoms with Crippen LogP contribution in [0.15, 0.2) is 60.7 Å². The fourth-order valence-corrected chi connectivity index (χ4v) is 4.69. The van der Waals surface area contributed by atoms with Crippen molar-refractivity contribution < 1.29 is 47.0 Å². The van der Waals surface area contributed by atoms with Gasteiger partial charge in [-0.2, -0.15) is 13.2 Å². The maximum atomic E-state index is 13.5. The Bertz CT molecular complexity index is 1310. The number of carbonyl (C=O) groups excluding carboxylic acids is 5. The van der Waals surface area contributed by atoms with Gasteiger partial charge in [0.15, 0.2) is 17.7 Å². The van der Waals surface area contributed by atoms with Gasteiger partial charge >= 0.3 is 6.18 Å². The first-order valence-electron chi connectivity index (χ1n) is 15.0. The molecule has 0 aliphatic carbocycles. The minimum atomic E-state index is -5.08. The molecule has 2 rings (SSSR count). The van der Waals surface area contributed by atoms with Crippen LogP contribution in [0.4, 0.5) is 13.2 Å². The van der Waals surface area contributed by atoms with Gasteiger partial charge in [0.2, 0.25) is 17.7 Å². The monoisotopic (exact) mass is 649 g/mol. The Morgan fingerprint density at radius 3 is 2.00 bits per heavy atom. The van der Waals surface area contributed by atoms with Crippen molar-refractivity contribution in [3.63, 3.8) is 0 Å². The lowest BCUT2D eigenvalue weighted by atomic mass is 9.88. The summed E-state index contributed by atoms with van der Waals surface area (Å²) in [5.74, 6) is -5.04. The molecule has 0 aliphatic heterocycles. The molecule has 13 heteroatoms. The Labute approximate surface area is 266 Å². The van der Waals surface area contributed by atoms with Gasteiger partial charge in [0.05, 0.1) is 12.1 Å². The normalized spacial score (nSPS) is 14.8. The molecule has 252 valence electrons. The lowest BCUT2D eigenvalue weighted by molar-refractivity contribution is -0.213.